The molecule has 0 spiro atoms. The third kappa shape index (κ3) is 3.25. The molecular formula is C14H16O. The molecule has 0 N–H and O–H groups in total. The van der Waals surface area contributed by atoms with E-state index >= 15 is 0 Å². The summed E-state index contributed by atoms with van der Waals surface area (Å²) in [6, 6.07) is 7.79. The summed E-state index contributed by atoms with van der Waals surface area (Å²) in [4.78, 5) is 11.8. The third-order valence-electron chi connectivity index (χ3n) is 2.42. The Morgan fingerprint density at radius 3 is 2.80 bits per heavy atom. The van der Waals surface area contributed by atoms with Crippen molar-refractivity contribution in [3.05, 3.63) is 35.4 Å². The maximum atomic E-state index is 11.8. The van der Waals surface area contributed by atoms with E-state index < -0.39 is 0 Å². The predicted molar refractivity (Wildman–Crippen MR) is 62.8 cm³/mol. The number of unbranched alkanes of at least 4 members (excludes halogenated alkanes) is 1. The van der Waals surface area contributed by atoms with E-state index in [1.807, 2.05) is 24.3 Å². The lowest BCUT2D eigenvalue weighted by Gasteiger charge is -2.05. The Bertz CT molecular complexity index is 371. The first kappa shape index (κ1) is 11.5. The molecule has 1 heteroatoms. The first-order chi connectivity index (χ1) is 7.29. The molecule has 0 aliphatic rings. The molecule has 78 valence electrons. The highest BCUT2D eigenvalue weighted by Crippen LogP contribution is 2.13. The molecular weight excluding hydrogens is 184 g/mol. The standard InChI is InChI=1S/C14H16O/c1-3-5-6-11-14(15)13-10-8-7-9-12(13)4-2/h1,7-10H,4-6,11H2,2H3. The number of carbonyl (C=O) groups is 1. The Hall–Kier alpha value is -1.55. The molecule has 1 nitrogen and oxygen atoms in total. The largest absolute Gasteiger partial charge is 0.294 e. The lowest BCUT2D eigenvalue weighted by Crippen LogP contribution is -2.02. The minimum atomic E-state index is 0.211. The number of Topliss-reactive ketones (excluding diaryl/α,β-unsaturated/α-hetero) is 1. The summed E-state index contributed by atoms with van der Waals surface area (Å²) in [7, 11) is 0. The molecule has 15 heavy (non-hydrogen) atoms. The molecule has 0 amide bonds. The molecule has 0 bridgehead atoms. The van der Waals surface area contributed by atoms with Crippen LogP contribution < -0.4 is 0 Å². The van der Waals surface area contributed by atoms with Gasteiger partial charge in [-0.15, -0.1) is 12.3 Å². The van der Waals surface area contributed by atoms with Gasteiger partial charge in [0.15, 0.2) is 5.78 Å². The molecule has 0 fully saturated rings. The molecule has 0 unspecified atom stereocenters. The van der Waals surface area contributed by atoms with E-state index in [1.54, 1.807) is 0 Å². The summed E-state index contributed by atoms with van der Waals surface area (Å²) in [5.74, 6) is 2.76. The second-order valence-corrected chi connectivity index (χ2v) is 3.49. The number of hydrogen-bond donors (Lipinski definition) is 0. The highest BCUT2D eigenvalue weighted by Gasteiger charge is 2.08. The Labute approximate surface area is 91.5 Å². The van der Waals surface area contributed by atoms with Crippen LogP contribution in [0.5, 0.6) is 0 Å². The average Bonchev–Trinajstić information content (AvgIpc) is 2.29. The highest BCUT2D eigenvalue weighted by molar-refractivity contribution is 5.97. The number of aryl methyl sites for hydroxylation is 1. The fourth-order valence-corrected chi connectivity index (χ4v) is 1.59. The molecule has 1 aromatic carbocycles. The van der Waals surface area contributed by atoms with Crippen molar-refractivity contribution in [1.82, 2.24) is 0 Å². The monoisotopic (exact) mass is 200 g/mol. The molecule has 0 radical (unpaired) electrons. The zero-order valence-corrected chi connectivity index (χ0v) is 9.12. The number of hydrogen-bond acceptors (Lipinski definition) is 1. The van der Waals surface area contributed by atoms with Gasteiger partial charge in [0.2, 0.25) is 0 Å². The number of carbonyl (C=O) groups excluding carboxylic acids is 1. The van der Waals surface area contributed by atoms with Crippen LogP contribution in [0, 0.1) is 12.3 Å². The van der Waals surface area contributed by atoms with Gasteiger partial charge in [-0.05, 0) is 18.4 Å². The van der Waals surface area contributed by atoms with E-state index in [0.717, 1.165) is 24.0 Å². The molecule has 0 aliphatic heterocycles. The van der Waals surface area contributed by atoms with Crippen LogP contribution in [0.25, 0.3) is 0 Å². The van der Waals surface area contributed by atoms with Crippen molar-refractivity contribution in [1.29, 1.82) is 0 Å². The predicted octanol–water partition coefficient (Wildman–Crippen LogP) is 3.24. The summed E-state index contributed by atoms with van der Waals surface area (Å²) < 4.78 is 0. The smallest absolute Gasteiger partial charge is 0.163 e. The zero-order chi connectivity index (χ0) is 11.1. The highest BCUT2D eigenvalue weighted by atomic mass is 16.1. The maximum absolute atomic E-state index is 11.8. The van der Waals surface area contributed by atoms with Gasteiger partial charge < -0.3 is 0 Å². The van der Waals surface area contributed by atoms with Crippen molar-refractivity contribution >= 4 is 5.78 Å². The lowest BCUT2D eigenvalue weighted by atomic mass is 9.98. The molecule has 1 aromatic rings. The van der Waals surface area contributed by atoms with E-state index in [9.17, 15) is 4.79 Å². The van der Waals surface area contributed by atoms with Gasteiger partial charge in [0, 0.05) is 18.4 Å². The molecule has 0 aliphatic carbocycles. The Kier molecular flexibility index (Phi) is 4.63. The summed E-state index contributed by atoms with van der Waals surface area (Å²) in [5.41, 5.74) is 1.99. The summed E-state index contributed by atoms with van der Waals surface area (Å²) in [6.45, 7) is 2.06. The first-order valence-electron chi connectivity index (χ1n) is 5.34. The van der Waals surface area contributed by atoms with Crippen LogP contribution >= 0.6 is 0 Å². The van der Waals surface area contributed by atoms with Gasteiger partial charge in [0.25, 0.3) is 0 Å². The van der Waals surface area contributed by atoms with Gasteiger partial charge in [0.05, 0.1) is 0 Å². The van der Waals surface area contributed by atoms with Crippen molar-refractivity contribution in [2.45, 2.75) is 32.6 Å². The van der Waals surface area contributed by atoms with Crippen LogP contribution in [0.1, 0.15) is 42.1 Å². The first-order valence-corrected chi connectivity index (χ1v) is 5.34. The zero-order valence-electron chi connectivity index (χ0n) is 9.12. The quantitative estimate of drug-likeness (QED) is 0.405. The van der Waals surface area contributed by atoms with Gasteiger partial charge in [-0.2, -0.15) is 0 Å². The molecule has 0 saturated heterocycles. The fourth-order valence-electron chi connectivity index (χ4n) is 1.59. The minimum Gasteiger partial charge on any atom is -0.294 e. The maximum Gasteiger partial charge on any atom is 0.163 e. The van der Waals surface area contributed by atoms with Gasteiger partial charge >= 0.3 is 0 Å². The van der Waals surface area contributed by atoms with Crippen LogP contribution in [-0.4, -0.2) is 5.78 Å². The SMILES string of the molecule is C#CCCCC(=O)c1ccccc1CC. The van der Waals surface area contributed by atoms with Crippen LogP contribution in [0.15, 0.2) is 24.3 Å². The Balaban J connectivity index is 2.69. The van der Waals surface area contributed by atoms with E-state index in [0.29, 0.717) is 12.8 Å². The van der Waals surface area contributed by atoms with Crippen molar-refractivity contribution < 1.29 is 4.79 Å². The van der Waals surface area contributed by atoms with Crippen molar-refractivity contribution in [2.24, 2.45) is 0 Å². The normalized spacial score (nSPS) is 9.60. The van der Waals surface area contributed by atoms with Crippen LogP contribution in [0.2, 0.25) is 0 Å². The van der Waals surface area contributed by atoms with Gasteiger partial charge in [-0.1, -0.05) is 31.2 Å². The molecule has 0 aromatic heterocycles. The van der Waals surface area contributed by atoms with E-state index in [4.69, 9.17) is 6.42 Å². The Morgan fingerprint density at radius 1 is 1.40 bits per heavy atom. The summed E-state index contributed by atoms with van der Waals surface area (Å²) >= 11 is 0. The Morgan fingerprint density at radius 2 is 2.13 bits per heavy atom. The molecule has 0 heterocycles. The van der Waals surface area contributed by atoms with Gasteiger partial charge in [-0.3, -0.25) is 4.79 Å². The van der Waals surface area contributed by atoms with E-state index in [1.165, 1.54) is 0 Å². The molecule has 0 saturated carbocycles. The van der Waals surface area contributed by atoms with E-state index in [-0.39, 0.29) is 5.78 Å². The number of rotatable bonds is 5. The van der Waals surface area contributed by atoms with Crippen molar-refractivity contribution in [3.8, 4) is 12.3 Å². The summed E-state index contributed by atoms with van der Waals surface area (Å²) in [6.07, 6.45) is 8.07. The van der Waals surface area contributed by atoms with Crippen molar-refractivity contribution in [3.63, 3.8) is 0 Å². The second-order valence-electron chi connectivity index (χ2n) is 3.49. The average molecular weight is 200 g/mol. The van der Waals surface area contributed by atoms with Crippen LogP contribution in [0.3, 0.4) is 0 Å². The topological polar surface area (TPSA) is 17.1 Å². The van der Waals surface area contributed by atoms with Gasteiger partial charge in [0.1, 0.15) is 0 Å². The van der Waals surface area contributed by atoms with Crippen LogP contribution in [-0.2, 0) is 6.42 Å². The minimum absolute atomic E-state index is 0.211. The van der Waals surface area contributed by atoms with Crippen LogP contribution in [0.4, 0.5) is 0 Å². The number of benzene rings is 1. The molecule has 0 atom stereocenters. The lowest BCUT2D eigenvalue weighted by molar-refractivity contribution is 0.0979. The summed E-state index contributed by atoms with van der Waals surface area (Å²) in [5, 5.41) is 0. The number of ketones is 1. The third-order valence-corrected chi connectivity index (χ3v) is 2.42. The van der Waals surface area contributed by atoms with Gasteiger partial charge in [-0.25, -0.2) is 0 Å². The van der Waals surface area contributed by atoms with Crippen molar-refractivity contribution in [2.75, 3.05) is 0 Å². The number of terminal acetylenes is 1. The fraction of sp³-hybridized carbons (Fsp3) is 0.357. The molecule has 1 rings (SSSR count). The second kappa shape index (κ2) is 6.03. The van der Waals surface area contributed by atoms with E-state index in [2.05, 4.69) is 12.8 Å².